The Morgan fingerprint density at radius 2 is 1.85 bits per heavy atom. The highest BCUT2D eigenvalue weighted by Crippen LogP contribution is 2.26. The van der Waals surface area contributed by atoms with Crippen LogP contribution in [0.2, 0.25) is 0 Å². The van der Waals surface area contributed by atoms with E-state index in [1.807, 2.05) is 53.3 Å². The van der Waals surface area contributed by atoms with E-state index in [2.05, 4.69) is 40.5 Å². The number of aromatic nitrogens is 4. The van der Waals surface area contributed by atoms with Crippen LogP contribution in [0.25, 0.3) is 16.8 Å². The number of nitrogens with one attached hydrogen (secondary N) is 1. The van der Waals surface area contributed by atoms with Gasteiger partial charge in [0.05, 0.1) is 18.4 Å². The first-order chi connectivity index (χ1) is 12.8. The number of nitrogens with zero attached hydrogens (tertiary/aromatic N) is 4. The summed E-state index contributed by atoms with van der Waals surface area (Å²) in [4.78, 5) is 9.24. The summed E-state index contributed by atoms with van der Waals surface area (Å²) < 4.78 is 1.88. The van der Waals surface area contributed by atoms with Crippen LogP contribution in [0.1, 0.15) is 24.7 Å². The number of pyridine rings is 1. The topological polar surface area (TPSA) is 55.1 Å². The fraction of sp³-hybridized carbons (Fsp3) is 0.190. The molecule has 0 spiro atoms. The highest BCUT2D eigenvalue weighted by atomic mass is 15.3. The number of rotatable bonds is 6. The van der Waals surface area contributed by atoms with Gasteiger partial charge in [-0.05, 0) is 24.1 Å². The maximum atomic E-state index is 4.86. The van der Waals surface area contributed by atoms with Gasteiger partial charge in [0.25, 0.3) is 0 Å². The Balaban J connectivity index is 1.75. The van der Waals surface area contributed by atoms with Crippen molar-refractivity contribution in [2.45, 2.75) is 26.3 Å². The molecule has 0 aliphatic heterocycles. The Hall–Kier alpha value is -3.21. The summed E-state index contributed by atoms with van der Waals surface area (Å²) in [5, 5.41) is 8.05. The van der Waals surface area contributed by atoms with Gasteiger partial charge in [-0.3, -0.25) is 4.98 Å². The molecule has 0 amide bonds. The molecule has 0 radical (unpaired) electrons. The molecule has 0 saturated heterocycles. The number of benzene rings is 1. The Bertz CT molecular complexity index is 993. The zero-order valence-electron chi connectivity index (χ0n) is 14.8. The molecule has 1 aromatic carbocycles. The highest BCUT2D eigenvalue weighted by molar-refractivity contribution is 5.78. The first-order valence-electron chi connectivity index (χ1n) is 8.92. The van der Waals surface area contributed by atoms with E-state index in [9.17, 15) is 0 Å². The molecule has 0 bridgehead atoms. The lowest BCUT2D eigenvalue weighted by Gasteiger charge is -2.11. The first-order valence-corrected chi connectivity index (χ1v) is 8.92. The number of hydrogen-bond acceptors (Lipinski definition) is 4. The second-order valence-corrected chi connectivity index (χ2v) is 6.22. The molecule has 0 aliphatic rings. The molecule has 0 saturated carbocycles. The number of aryl methyl sites for hydroxylation is 1. The normalized spacial score (nSPS) is 11.0. The van der Waals surface area contributed by atoms with Crippen molar-refractivity contribution < 1.29 is 0 Å². The molecule has 26 heavy (non-hydrogen) atoms. The van der Waals surface area contributed by atoms with Gasteiger partial charge in [0.2, 0.25) is 0 Å². The van der Waals surface area contributed by atoms with Crippen LogP contribution in [0.4, 0.5) is 5.82 Å². The van der Waals surface area contributed by atoms with Crippen LogP contribution in [-0.4, -0.2) is 19.6 Å². The SMILES string of the molecule is CCCc1cc(NCc2ccccn2)n2ncc(-c3ccccc3)c2n1. The van der Waals surface area contributed by atoms with E-state index in [0.717, 1.165) is 46.8 Å². The van der Waals surface area contributed by atoms with Gasteiger partial charge in [0.1, 0.15) is 5.82 Å². The molecule has 4 rings (SSSR count). The van der Waals surface area contributed by atoms with E-state index < -0.39 is 0 Å². The van der Waals surface area contributed by atoms with Gasteiger partial charge in [0.15, 0.2) is 5.65 Å². The molecular weight excluding hydrogens is 322 g/mol. The fourth-order valence-corrected chi connectivity index (χ4v) is 3.03. The molecule has 0 fully saturated rings. The summed E-state index contributed by atoms with van der Waals surface area (Å²) in [7, 11) is 0. The van der Waals surface area contributed by atoms with Crippen molar-refractivity contribution in [3.63, 3.8) is 0 Å². The second-order valence-electron chi connectivity index (χ2n) is 6.22. The standard InChI is InChI=1S/C21H21N5/c1-2-8-17-13-20(23-14-18-11-6-7-12-22-18)26-21(25-17)19(15-24-26)16-9-4-3-5-10-16/h3-7,9-13,15,23H,2,8,14H2,1H3. The number of fused-ring (bicyclic) bond motifs is 1. The molecule has 0 unspecified atom stereocenters. The molecule has 4 aromatic rings. The van der Waals surface area contributed by atoms with Crippen LogP contribution >= 0.6 is 0 Å². The average Bonchev–Trinajstić information content (AvgIpc) is 3.12. The quantitative estimate of drug-likeness (QED) is 0.565. The summed E-state index contributed by atoms with van der Waals surface area (Å²) in [5.74, 6) is 0.936. The maximum absolute atomic E-state index is 4.86. The van der Waals surface area contributed by atoms with E-state index in [4.69, 9.17) is 4.98 Å². The summed E-state index contributed by atoms with van der Waals surface area (Å²) in [6.07, 6.45) is 5.69. The van der Waals surface area contributed by atoms with Crippen molar-refractivity contribution in [3.05, 3.63) is 78.4 Å². The van der Waals surface area contributed by atoms with Crippen molar-refractivity contribution in [3.8, 4) is 11.1 Å². The lowest BCUT2D eigenvalue weighted by Crippen LogP contribution is -2.08. The first kappa shape index (κ1) is 16.3. The van der Waals surface area contributed by atoms with Crippen molar-refractivity contribution in [2.75, 3.05) is 5.32 Å². The van der Waals surface area contributed by atoms with Gasteiger partial charge in [0, 0.05) is 23.5 Å². The predicted octanol–water partition coefficient (Wildman–Crippen LogP) is 4.36. The van der Waals surface area contributed by atoms with Crippen LogP contribution < -0.4 is 5.32 Å². The van der Waals surface area contributed by atoms with Crippen molar-refractivity contribution in [1.82, 2.24) is 19.6 Å². The van der Waals surface area contributed by atoms with Crippen LogP contribution in [0.5, 0.6) is 0 Å². The number of anilines is 1. The van der Waals surface area contributed by atoms with Crippen LogP contribution in [0.3, 0.4) is 0 Å². The largest absolute Gasteiger partial charge is 0.364 e. The molecule has 3 aromatic heterocycles. The fourth-order valence-electron chi connectivity index (χ4n) is 3.03. The number of hydrogen-bond donors (Lipinski definition) is 1. The van der Waals surface area contributed by atoms with Gasteiger partial charge in [-0.1, -0.05) is 49.7 Å². The Labute approximate surface area is 152 Å². The van der Waals surface area contributed by atoms with Crippen molar-refractivity contribution in [2.24, 2.45) is 0 Å². The van der Waals surface area contributed by atoms with Gasteiger partial charge < -0.3 is 5.32 Å². The summed E-state index contributed by atoms with van der Waals surface area (Å²) in [6.45, 7) is 2.81. The minimum Gasteiger partial charge on any atom is -0.364 e. The molecule has 130 valence electrons. The molecule has 3 heterocycles. The van der Waals surface area contributed by atoms with E-state index in [1.54, 1.807) is 0 Å². The van der Waals surface area contributed by atoms with Gasteiger partial charge >= 0.3 is 0 Å². The molecule has 0 aliphatic carbocycles. The summed E-state index contributed by atoms with van der Waals surface area (Å²) >= 11 is 0. The van der Waals surface area contributed by atoms with E-state index in [-0.39, 0.29) is 0 Å². The third-order valence-electron chi connectivity index (χ3n) is 4.29. The lowest BCUT2D eigenvalue weighted by atomic mass is 10.1. The summed E-state index contributed by atoms with van der Waals surface area (Å²) in [5.41, 5.74) is 5.11. The van der Waals surface area contributed by atoms with Crippen molar-refractivity contribution >= 4 is 11.5 Å². The third kappa shape index (κ3) is 3.28. The molecule has 0 atom stereocenters. The predicted molar refractivity (Wildman–Crippen MR) is 104 cm³/mol. The zero-order valence-corrected chi connectivity index (χ0v) is 14.8. The third-order valence-corrected chi connectivity index (χ3v) is 4.29. The monoisotopic (exact) mass is 343 g/mol. The summed E-state index contributed by atoms with van der Waals surface area (Å²) in [6, 6.07) is 18.3. The zero-order chi connectivity index (χ0) is 17.8. The molecular formula is C21H21N5. The van der Waals surface area contributed by atoms with Gasteiger partial charge in [-0.15, -0.1) is 0 Å². The van der Waals surface area contributed by atoms with Crippen LogP contribution in [0, 0.1) is 0 Å². The van der Waals surface area contributed by atoms with Gasteiger partial charge in [-0.25, -0.2) is 4.98 Å². The Morgan fingerprint density at radius 1 is 1.00 bits per heavy atom. The Kier molecular flexibility index (Phi) is 4.60. The smallest absolute Gasteiger partial charge is 0.165 e. The Morgan fingerprint density at radius 3 is 2.62 bits per heavy atom. The minimum atomic E-state index is 0.645. The minimum absolute atomic E-state index is 0.645. The van der Waals surface area contributed by atoms with E-state index in [0.29, 0.717) is 6.54 Å². The average molecular weight is 343 g/mol. The van der Waals surface area contributed by atoms with Crippen LogP contribution in [-0.2, 0) is 13.0 Å². The lowest BCUT2D eigenvalue weighted by molar-refractivity contribution is 0.854. The highest BCUT2D eigenvalue weighted by Gasteiger charge is 2.13. The van der Waals surface area contributed by atoms with E-state index in [1.165, 1.54) is 0 Å². The molecule has 1 N–H and O–H groups in total. The molecule has 5 nitrogen and oxygen atoms in total. The second kappa shape index (κ2) is 7.35. The van der Waals surface area contributed by atoms with Crippen molar-refractivity contribution in [1.29, 1.82) is 0 Å². The molecule has 5 heteroatoms. The van der Waals surface area contributed by atoms with Crippen LogP contribution in [0.15, 0.2) is 67.0 Å². The van der Waals surface area contributed by atoms with Gasteiger partial charge in [-0.2, -0.15) is 9.61 Å². The maximum Gasteiger partial charge on any atom is 0.165 e. The van der Waals surface area contributed by atoms with E-state index >= 15 is 0 Å².